The Morgan fingerprint density at radius 3 is 2.77 bits per heavy atom. The Hall–Kier alpha value is -2.38. The third-order valence-electron chi connectivity index (χ3n) is 3.97. The lowest BCUT2D eigenvalue weighted by molar-refractivity contribution is -0.126. The van der Waals surface area contributed by atoms with Crippen LogP contribution in [0, 0.1) is 11.7 Å². The van der Waals surface area contributed by atoms with Crippen LogP contribution in [-0.2, 0) is 17.8 Å². The summed E-state index contributed by atoms with van der Waals surface area (Å²) in [7, 11) is 0. The van der Waals surface area contributed by atoms with E-state index in [1.165, 1.54) is 12.1 Å². The van der Waals surface area contributed by atoms with E-state index >= 15 is 0 Å². The molecule has 0 bridgehead atoms. The monoisotopic (exact) mass is 393 g/mol. The van der Waals surface area contributed by atoms with E-state index in [2.05, 4.69) is 16.2 Å². The van der Waals surface area contributed by atoms with Gasteiger partial charge in [-0.05, 0) is 60.1 Å². The first-order valence-electron chi connectivity index (χ1n) is 8.00. The molecule has 0 saturated heterocycles. The van der Waals surface area contributed by atoms with Crippen molar-refractivity contribution in [1.82, 2.24) is 16.2 Å². The molecular formula is C18H17ClFN3O2S. The average Bonchev–Trinajstić information content (AvgIpc) is 2.65. The second-order valence-electron chi connectivity index (χ2n) is 5.89. The molecule has 1 heterocycles. The summed E-state index contributed by atoms with van der Waals surface area (Å²) in [6.07, 6.45) is 0.541. The molecule has 1 aliphatic heterocycles. The molecule has 0 fully saturated rings. The number of benzene rings is 2. The highest BCUT2D eigenvalue weighted by Crippen LogP contribution is 2.29. The Bertz CT molecular complexity index is 817. The highest BCUT2D eigenvalue weighted by atomic mass is 35.5. The van der Waals surface area contributed by atoms with E-state index < -0.39 is 0 Å². The fourth-order valence-electron chi connectivity index (χ4n) is 2.58. The molecule has 8 heteroatoms. The Morgan fingerprint density at radius 1 is 1.23 bits per heavy atom. The summed E-state index contributed by atoms with van der Waals surface area (Å²) in [5.74, 6) is -0.0999. The molecule has 2 aromatic carbocycles. The number of carbonyl (C=O) groups is 1. The molecule has 1 atom stereocenters. The first-order valence-corrected chi connectivity index (χ1v) is 8.79. The van der Waals surface area contributed by atoms with Gasteiger partial charge in [0.25, 0.3) is 0 Å². The summed E-state index contributed by atoms with van der Waals surface area (Å²) in [6.45, 7) is 0.707. The molecule has 3 rings (SSSR count). The quantitative estimate of drug-likeness (QED) is 0.553. The normalized spacial score (nSPS) is 15.4. The molecule has 0 saturated carbocycles. The van der Waals surface area contributed by atoms with Gasteiger partial charge in [0, 0.05) is 11.6 Å². The van der Waals surface area contributed by atoms with Crippen LogP contribution in [0.1, 0.15) is 11.1 Å². The predicted octanol–water partition coefficient (Wildman–Crippen LogP) is 2.73. The van der Waals surface area contributed by atoms with E-state index in [0.717, 1.165) is 16.9 Å². The highest BCUT2D eigenvalue weighted by Gasteiger charge is 2.26. The highest BCUT2D eigenvalue weighted by molar-refractivity contribution is 7.80. The number of hydrogen-bond acceptors (Lipinski definition) is 3. The number of rotatable bonds is 3. The van der Waals surface area contributed by atoms with Crippen molar-refractivity contribution in [2.45, 2.75) is 13.0 Å². The lowest BCUT2D eigenvalue weighted by atomic mass is 9.96. The number of nitrogens with one attached hydrogen (secondary N) is 3. The third kappa shape index (κ3) is 4.83. The van der Waals surface area contributed by atoms with E-state index in [1.54, 1.807) is 30.3 Å². The SMILES string of the molecule is O=C(NNC(=S)NCc1ccc(F)cc1)[C@@H]1COc2ccc(Cl)cc2C1. The molecule has 26 heavy (non-hydrogen) atoms. The molecule has 0 unspecified atom stereocenters. The fraction of sp³-hybridized carbons (Fsp3) is 0.222. The summed E-state index contributed by atoms with van der Waals surface area (Å²) < 4.78 is 18.5. The van der Waals surface area contributed by atoms with Gasteiger partial charge in [0.1, 0.15) is 18.2 Å². The van der Waals surface area contributed by atoms with Gasteiger partial charge < -0.3 is 10.1 Å². The minimum atomic E-state index is -0.339. The molecule has 0 spiro atoms. The summed E-state index contributed by atoms with van der Waals surface area (Å²) in [4.78, 5) is 12.3. The fourth-order valence-corrected chi connectivity index (χ4v) is 2.90. The maximum absolute atomic E-state index is 12.9. The van der Waals surface area contributed by atoms with Crippen LogP contribution in [0.25, 0.3) is 0 Å². The predicted molar refractivity (Wildman–Crippen MR) is 101 cm³/mol. The molecule has 3 N–H and O–H groups in total. The summed E-state index contributed by atoms with van der Waals surface area (Å²) >= 11 is 11.1. The second-order valence-corrected chi connectivity index (χ2v) is 6.73. The van der Waals surface area contributed by atoms with E-state index in [4.69, 9.17) is 28.6 Å². The van der Waals surface area contributed by atoms with Crippen molar-refractivity contribution in [3.8, 4) is 5.75 Å². The summed E-state index contributed by atoms with van der Waals surface area (Å²) in [6, 6.07) is 11.4. The van der Waals surface area contributed by atoms with Crippen LogP contribution < -0.4 is 20.9 Å². The van der Waals surface area contributed by atoms with Crippen molar-refractivity contribution < 1.29 is 13.9 Å². The molecule has 1 aliphatic rings. The van der Waals surface area contributed by atoms with Crippen LogP contribution in [0.15, 0.2) is 42.5 Å². The van der Waals surface area contributed by atoms with Gasteiger partial charge in [0.2, 0.25) is 5.91 Å². The van der Waals surface area contributed by atoms with Crippen LogP contribution in [0.4, 0.5) is 4.39 Å². The van der Waals surface area contributed by atoms with Gasteiger partial charge in [-0.25, -0.2) is 4.39 Å². The Balaban J connectivity index is 1.45. The lowest BCUT2D eigenvalue weighted by Gasteiger charge is -2.25. The van der Waals surface area contributed by atoms with Crippen LogP contribution >= 0.6 is 23.8 Å². The van der Waals surface area contributed by atoms with Crippen molar-refractivity contribution >= 4 is 34.8 Å². The number of ether oxygens (including phenoxy) is 1. The summed E-state index contributed by atoms with van der Waals surface area (Å²) in [5, 5.41) is 3.81. The van der Waals surface area contributed by atoms with Crippen molar-refractivity contribution in [3.63, 3.8) is 0 Å². The van der Waals surface area contributed by atoms with Crippen molar-refractivity contribution in [3.05, 3.63) is 64.4 Å². The molecule has 0 aliphatic carbocycles. The average molecular weight is 394 g/mol. The van der Waals surface area contributed by atoms with Gasteiger partial charge in [-0.2, -0.15) is 0 Å². The van der Waals surface area contributed by atoms with Crippen LogP contribution in [0.3, 0.4) is 0 Å². The molecule has 2 aromatic rings. The van der Waals surface area contributed by atoms with E-state index in [0.29, 0.717) is 18.0 Å². The first kappa shape index (κ1) is 18.4. The topological polar surface area (TPSA) is 62.4 Å². The summed E-state index contributed by atoms with van der Waals surface area (Å²) in [5.41, 5.74) is 7.01. The molecular weight excluding hydrogens is 377 g/mol. The van der Waals surface area contributed by atoms with Crippen LogP contribution in [0.5, 0.6) is 5.75 Å². The van der Waals surface area contributed by atoms with Crippen molar-refractivity contribution in [1.29, 1.82) is 0 Å². The van der Waals surface area contributed by atoms with Gasteiger partial charge >= 0.3 is 0 Å². The molecule has 0 aromatic heterocycles. The van der Waals surface area contributed by atoms with Crippen LogP contribution in [-0.4, -0.2) is 17.6 Å². The maximum Gasteiger partial charge on any atom is 0.245 e. The largest absolute Gasteiger partial charge is 0.492 e. The number of fused-ring (bicyclic) bond motifs is 1. The van der Waals surface area contributed by atoms with Gasteiger partial charge in [0.05, 0.1) is 5.92 Å². The van der Waals surface area contributed by atoms with Gasteiger partial charge in [-0.15, -0.1) is 0 Å². The van der Waals surface area contributed by atoms with Gasteiger partial charge in [0.15, 0.2) is 5.11 Å². The number of carbonyl (C=O) groups excluding carboxylic acids is 1. The minimum absolute atomic E-state index is 0.221. The number of hydrazine groups is 1. The smallest absolute Gasteiger partial charge is 0.245 e. The van der Waals surface area contributed by atoms with Crippen molar-refractivity contribution in [2.24, 2.45) is 5.92 Å². The van der Waals surface area contributed by atoms with Gasteiger partial charge in [-0.1, -0.05) is 23.7 Å². The molecule has 5 nitrogen and oxygen atoms in total. The van der Waals surface area contributed by atoms with E-state index in [-0.39, 0.29) is 29.4 Å². The Morgan fingerprint density at radius 2 is 2.00 bits per heavy atom. The van der Waals surface area contributed by atoms with Crippen molar-refractivity contribution in [2.75, 3.05) is 6.61 Å². The zero-order valence-corrected chi connectivity index (χ0v) is 15.3. The number of amides is 1. The molecule has 1 amide bonds. The molecule has 136 valence electrons. The Kier molecular flexibility index (Phi) is 5.90. The van der Waals surface area contributed by atoms with E-state index in [1.807, 2.05) is 0 Å². The number of hydrogen-bond donors (Lipinski definition) is 3. The second kappa shape index (κ2) is 8.33. The number of thiocarbonyl (C=S) groups is 1. The minimum Gasteiger partial charge on any atom is -0.492 e. The van der Waals surface area contributed by atoms with Gasteiger partial charge in [-0.3, -0.25) is 15.6 Å². The maximum atomic E-state index is 12.9. The Labute approximate surface area is 160 Å². The lowest BCUT2D eigenvalue weighted by Crippen LogP contribution is -2.50. The van der Waals surface area contributed by atoms with Crippen LogP contribution in [0.2, 0.25) is 5.02 Å². The zero-order chi connectivity index (χ0) is 18.5. The molecule has 0 radical (unpaired) electrons. The standard InChI is InChI=1S/C18H17ClFN3O2S/c19-14-3-6-16-12(8-14)7-13(10-25-16)17(24)22-23-18(26)21-9-11-1-4-15(20)5-2-11/h1-6,8,13H,7,9-10H2,(H,22,24)(H2,21,23,26)/t13-/m0/s1. The third-order valence-corrected chi connectivity index (χ3v) is 4.45. The first-order chi connectivity index (χ1) is 12.5. The van der Waals surface area contributed by atoms with E-state index in [9.17, 15) is 9.18 Å². The zero-order valence-electron chi connectivity index (χ0n) is 13.7. The number of halogens is 2.